The lowest BCUT2D eigenvalue weighted by atomic mass is 10.1. The fourth-order valence-electron chi connectivity index (χ4n) is 4.07. The van der Waals surface area contributed by atoms with Gasteiger partial charge in [-0.3, -0.25) is 10.1 Å². The number of rotatable bonds is 11. The SMILES string of the molecule is CN1CCC(Oc2ccc3nc(NC(=O)/C(=N/OCCCO)c4ccc(S(=O)(=O)C5CC5)cc4)sc3n2)C1. The van der Waals surface area contributed by atoms with Crippen molar-refractivity contribution in [2.45, 2.75) is 41.9 Å². The first-order valence-electron chi connectivity index (χ1n) is 12.4. The van der Waals surface area contributed by atoms with Crippen LogP contribution in [-0.4, -0.2) is 84.7 Å². The van der Waals surface area contributed by atoms with Crippen molar-refractivity contribution in [2.24, 2.45) is 5.16 Å². The number of carbonyl (C=O) groups is 1. The van der Waals surface area contributed by atoms with Crippen LogP contribution in [0.5, 0.6) is 5.88 Å². The zero-order valence-electron chi connectivity index (χ0n) is 20.9. The van der Waals surface area contributed by atoms with Gasteiger partial charge >= 0.3 is 0 Å². The highest BCUT2D eigenvalue weighted by molar-refractivity contribution is 7.92. The molecule has 3 aromatic rings. The standard InChI is InChI=1S/C25H29N5O6S2/c1-30-12-11-17(15-30)36-21-10-9-20-24(27-21)37-25(26-20)28-23(32)22(29-35-14-2-13-31)16-3-5-18(6-4-16)38(33,34)19-7-8-19/h3-6,9-10,17,19,31H,2,7-8,11-15H2,1H3,(H,26,28,32)/b29-22+. The Morgan fingerprint density at radius 2 is 1.97 bits per heavy atom. The fourth-order valence-corrected chi connectivity index (χ4v) is 6.56. The molecule has 202 valence electrons. The summed E-state index contributed by atoms with van der Waals surface area (Å²) in [5.41, 5.74) is 0.964. The van der Waals surface area contributed by atoms with Crippen LogP contribution < -0.4 is 10.1 Å². The third-order valence-corrected chi connectivity index (χ3v) is 9.43. The topological polar surface area (TPSA) is 143 Å². The van der Waals surface area contributed by atoms with Gasteiger partial charge in [-0.15, -0.1) is 0 Å². The molecule has 2 aromatic heterocycles. The van der Waals surface area contributed by atoms with E-state index in [1.54, 1.807) is 12.1 Å². The number of ether oxygens (including phenoxy) is 1. The van der Waals surface area contributed by atoms with Gasteiger partial charge < -0.3 is 19.6 Å². The Hall–Kier alpha value is -3.13. The lowest BCUT2D eigenvalue weighted by Crippen LogP contribution is -2.24. The van der Waals surface area contributed by atoms with Gasteiger partial charge in [-0.25, -0.2) is 18.4 Å². The van der Waals surface area contributed by atoms with Crippen LogP contribution in [0.2, 0.25) is 0 Å². The number of likely N-dealkylation sites (N-methyl/N-ethyl adjacent to an activating group) is 1. The Labute approximate surface area is 224 Å². The van der Waals surface area contributed by atoms with E-state index >= 15 is 0 Å². The van der Waals surface area contributed by atoms with Gasteiger partial charge in [-0.2, -0.15) is 0 Å². The Bertz CT molecular complexity index is 1440. The van der Waals surface area contributed by atoms with E-state index in [0.717, 1.165) is 19.5 Å². The Morgan fingerprint density at radius 1 is 1.18 bits per heavy atom. The summed E-state index contributed by atoms with van der Waals surface area (Å²) in [5, 5.41) is 15.7. The van der Waals surface area contributed by atoms with Crippen molar-refractivity contribution in [1.29, 1.82) is 0 Å². The average Bonchev–Trinajstić information content (AvgIpc) is 3.58. The maximum atomic E-state index is 13.2. The van der Waals surface area contributed by atoms with Crippen molar-refractivity contribution in [3.05, 3.63) is 42.0 Å². The van der Waals surface area contributed by atoms with Gasteiger partial charge in [-0.05, 0) is 44.5 Å². The van der Waals surface area contributed by atoms with E-state index in [2.05, 4.69) is 32.4 Å². The number of pyridine rings is 1. The molecule has 13 heteroatoms. The number of likely N-dealkylation sites (tertiary alicyclic amines) is 1. The second-order valence-corrected chi connectivity index (χ2v) is 12.6. The minimum atomic E-state index is -3.36. The van der Waals surface area contributed by atoms with Crippen molar-refractivity contribution < 1.29 is 27.9 Å². The van der Waals surface area contributed by atoms with Crippen LogP contribution >= 0.6 is 11.3 Å². The molecule has 1 atom stereocenters. The maximum absolute atomic E-state index is 13.2. The molecule has 11 nitrogen and oxygen atoms in total. The zero-order chi connectivity index (χ0) is 26.7. The molecule has 0 bridgehead atoms. The monoisotopic (exact) mass is 559 g/mol. The molecule has 1 saturated heterocycles. The fraction of sp³-hybridized carbons (Fsp3) is 0.440. The highest BCUT2D eigenvalue weighted by Gasteiger charge is 2.36. The van der Waals surface area contributed by atoms with Crippen LogP contribution in [0, 0.1) is 0 Å². The maximum Gasteiger partial charge on any atom is 0.280 e. The summed E-state index contributed by atoms with van der Waals surface area (Å²) in [6.45, 7) is 1.87. The molecular formula is C25H29N5O6S2. The van der Waals surface area contributed by atoms with Crippen LogP contribution in [0.25, 0.3) is 10.3 Å². The molecule has 2 N–H and O–H groups in total. The number of fused-ring (bicyclic) bond motifs is 1. The molecule has 3 heterocycles. The van der Waals surface area contributed by atoms with Crippen LogP contribution in [0.15, 0.2) is 46.4 Å². The van der Waals surface area contributed by atoms with Crippen molar-refractivity contribution in [2.75, 3.05) is 38.7 Å². The van der Waals surface area contributed by atoms with Gasteiger partial charge in [0.25, 0.3) is 5.91 Å². The van der Waals surface area contributed by atoms with Crippen molar-refractivity contribution in [3.8, 4) is 5.88 Å². The molecule has 2 fully saturated rings. The first-order valence-corrected chi connectivity index (χ1v) is 14.8. The van der Waals surface area contributed by atoms with Gasteiger partial charge in [-0.1, -0.05) is 28.6 Å². The molecule has 2 aliphatic rings. The molecule has 1 aromatic carbocycles. The van der Waals surface area contributed by atoms with Gasteiger partial charge in [0.2, 0.25) is 5.88 Å². The van der Waals surface area contributed by atoms with Crippen molar-refractivity contribution >= 4 is 48.3 Å². The molecule has 5 rings (SSSR count). The summed E-state index contributed by atoms with van der Waals surface area (Å²) >= 11 is 1.21. The number of sulfone groups is 1. The predicted molar refractivity (Wildman–Crippen MR) is 143 cm³/mol. The first kappa shape index (κ1) is 26.5. The summed E-state index contributed by atoms with van der Waals surface area (Å²) in [4.78, 5) is 30.5. The second kappa shape index (κ2) is 11.3. The molecule has 0 spiro atoms. The minimum absolute atomic E-state index is 0.0418. The minimum Gasteiger partial charge on any atom is -0.473 e. The summed E-state index contributed by atoms with van der Waals surface area (Å²) in [7, 11) is -1.30. The second-order valence-electron chi connectivity index (χ2n) is 9.36. The summed E-state index contributed by atoms with van der Waals surface area (Å²) < 4.78 is 31.1. The number of amides is 1. The number of thiazole rings is 1. The van der Waals surface area contributed by atoms with Gasteiger partial charge in [0.15, 0.2) is 20.7 Å². The number of hydrogen-bond donors (Lipinski definition) is 2. The Balaban J connectivity index is 1.33. The largest absolute Gasteiger partial charge is 0.473 e. The van der Waals surface area contributed by atoms with Crippen molar-refractivity contribution in [3.63, 3.8) is 0 Å². The van der Waals surface area contributed by atoms with Crippen LogP contribution in [0.4, 0.5) is 5.13 Å². The van der Waals surface area contributed by atoms with Gasteiger partial charge in [0, 0.05) is 37.7 Å². The van der Waals surface area contributed by atoms with E-state index < -0.39 is 15.7 Å². The zero-order valence-corrected chi connectivity index (χ0v) is 22.5. The molecular weight excluding hydrogens is 530 g/mol. The number of anilines is 1. The Morgan fingerprint density at radius 3 is 2.66 bits per heavy atom. The molecule has 1 saturated carbocycles. The number of hydrogen-bond acceptors (Lipinski definition) is 11. The van der Waals surface area contributed by atoms with E-state index in [-0.39, 0.29) is 35.2 Å². The van der Waals surface area contributed by atoms with E-state index in [1.807, 2.05) is 0 Å². The molecule has 1 amide bonds. The lowest BCUT2D eigenvalue weighted by molar-refractivity contribution is -0.110. The number of benzene rings is 1. The summed E-state index contributed by atoms with van der Waals surface area (Å²) in [6, 6.07) is 9.59. The number of nitrogens with one attached hydrogen (secondary N) is 1. The van der Waals surface area contributed by atoms with E-state index in [9.17, 15) is 13.2 Å². The predicted octanol–water partition coefficient (Wildman–Crippen LogP) is 2.45. The number of carbonyl (C=O) groups excluding carboxylic acids is 1. The third-order valence-electron chi connectivity index (χ3n) is 6.27. The highest BCUT2D eigenvalue weighted by Crippen LogP contribution is 2.33. The van der Waals surface area contributed by atoms with E-state index in [1.165, 1.54) is 35.6 Å². The van der Waals surface area contributed by atoms with Crippen LogP contribution in [0.1, 0.15) is 31.2 Å². The normalized spacial score (nSPS) is 18.6. The molecule has 0 radical (unpaired) electrons. The molecule has 38 heavy (non-hydrogen) atoms. The molecule has 1 unspecified atom stereocenters. The summed E-state index contributed by atoms with van der Waals surface area (Å²) in [6.07, 6.45) is 2.71. The number of aliphatic hydroxyl groups excluding tert-OH is 1. The average molecular weight is 560 g/mol. The first-order chi connectivity index (χ1) is 18.3. The number of aliphatic hydroxyl groups is 1. The van der Waals surface area contributed by atoms with E-state index in [4.69, 9.17) is 14.7 Å². The third kappa shape index (κ3) is 6.12. The van der Waals surface area contributed by atoms with E-state index in [0.29, 0.717) is 46.2 Å². The number of nitrogens with zero attached hydrogens (tertiary/aromatic N) is 4. The molecule has 1 aliphatic heterocycles. The van der Waals surface area contributed by atoms with Gasteiger partial charge in [0.05, 0.1) is 10.1 Å². The quantitative estimate of drug-likeness (QED) is 0.206. The van der Waals surface area contributed by atoms with Gasteiger partial charge in [0.1, 0.15) is 23.1 Å². The lowest BCUT2D eigenvalue weighted by Gasteiger charge is -2.12. The number of oxime groups is 1. The Kier molecular flexibility index (Phi) is 7.88. The van der Waals surface area contributed by atoms with Crippen molar-refractivity contribution in [1.82, 2.24) is 14.9 Å². The van der Waals surface area contributed by atoms with Crippen LogP contribution in [-0.2, 0) is 19.5 Å². The smallest absolute Gasteiger partial charge is 0.280 e. The van der Waals surface area contributed by atoms with Crippen LogP contribution in [0.3, 0.4) is 0 Å². The highest BCUT2D eigenvalue weighted by atomic mass is 32.2. The number of aromatic nitrogens is 2. The summed E-state index contributed by atoms with van der Waals surface area (Å²) in [5.74, 6) is -0.0589. The molecule has 1 aliphatic carbocycles.